The van der Waals surface area contributed by atoms with Gasteiger partial charge in [-0.3, -0.25) is 0 Å². The van der Waals surface area contributed by atoms with Crippen LogP contribution in [-0.4, -0.2) is 42.0 Å². The molecule has 1 aliphatic rings. The van der Waals surface area contributed by atoms with Crippen molar-refractivity contribution in [3.63, 3.8) is 0 Å². The molecule has 27 heavy (non-hydrogen) atoms. The highest BCUT2D eigenvalue weighted by Crippen LogP contribution is 2.37. The van der Waals surface area contributed by atoms with Crippen LogP contribution in [0.5, 0.6) is 0 Å². The Kier molecular flexibility index (Phi) is 5.43. The van der Waals surface area contributed by atoms with E-state index >= 15 is 0 Å². The van der Waals surface area contributed by atoms with Gasteiger partial charge in [0, 0.05) is 38.2 Å². The van der Waals surface area contributed by atoms with Crippen molar-refractivity contribution in [1.29, 1.82) is 5.26 Å². The third-order valence-corrected chi connectivity index (χ3v) is 6.29. The van der Waals surface area contributed by atoms with E-state index < -0.39 is 27.9 Å². The Morgan fingerprint density at radius 1 is 1.37 bits per heavy atom. The summed E-state index contributed by atoms with van der Waals surface area (Å²) in [4.78, 5) is 1.72. The summed E-state index contributed by atoms with van der Waals surface area (Å²) in [5.74, 6) is -0.797. The summed E-state index contributed by atoms with van der Waals surface area (Å²) >= 11 is 0. The lowest BCUT2D eigenvalue weighted by Gasteiger charge is -2.28. The molecule has 1 saturated heterocycles. The van der Waals surface area contributed by atoms with Crippen LogP contribution in [0, 0.1) is 23.0 Å². The topological polar surface area (TPSA) is 82.2 Å². The molecule has 0 saturated carbocycles. The first-order chi connectivity index (χ1) is 12.9. The number of hydrogen-bond acceptors (Lipinski definition) is 5. The molecule has 3 rings (SSSR count). The first-order valence-corrected chi connectivity index (χ1v) is 9.85. The molecule has 0 aliphatic carbocycles. The highest BCUT2D eigenvalue weighted by atomic mass is 32.2. The van der Waals surface area contributed by atoms with Crippen LogP contribution in [0.4, 0.5) is 14.6 Å². The minimum atomic E-state index is -3.98. The zero-order chi connectivity index (χ0) is 19.6. The number of rotatable bonds is 6. The standard InChI is InChI=1S/C17H19F2N5O2S/c1-22(10-3-8-20)27(25,26)24-17(7-9-21-24)23-11-2-4-16(23)14-12-13(18)5-6-15(14)19/h5-7,9,12,16H,2-4,10-11H2,1H3/t16-/m1/s1. The minimum Gasteiger partial charge on any atom is -0.349 e. The second-order valence-electron chi connectivity index (χ2n) is 6.29. The Bertz CT molecular complexity index is 970. The van der Waals surface area contributed by atoms with E-state index in [2.05, 4.69) is 5.10 Å². The van der Waals surface area contributed by atoms with Crippen molar-refractivity contribution in [2.24, 2.45) is 0 Å². The molecule has 144 valence electrons. The van der Waals surface area contributed by atoms with E-state index in [1.807, 2.05) is 6.07 Å². The molecule has 1 aromatic heterocycles. The molecule has 0 N–H and O–H groups in total. The molecule has 7 nitrogen and oxygen atoms in total. The number of nitriles is 1. The number of anilines is 1. The molecule has 1 aromatic carbocycles. The molecule has 0 spiro atoms. The monoisotopic (exact) mass is 395 g/mol. The third-order valence-electron chi connectivity index (χ3n) is 4.61. The lowest BCUT2D eigenvalue weighted by molar-refractivity contribution is 0.462. The van der Waals surface area contributed by atoms with Gasteiger partial charge in [0.25, 0.3) is 0 Å². The van der Waals surface area contributed by atoms with Gasteiger partial charge in [-0.2, -0.15) is 23.1 Å². The average molecular weight is 395 g/mol. The summed E-state index contributed by atoms with van der Waals surface area (Å²) in [6, 6.07) is 6.22. The molecular weight excluding hydrogens is 376 g/mol. The maximum atomic E-state index is 14.3. The van der Waals surface area contributed by atoms with E-state index in [1.54, 1.807) is 4.90 Å². The molecule has 0 bridgehead atoms. The fourth-order valence-electron chi connectivity index (χ4n) is 3.26. The van der Waals surface area contributed by atoms with Gasteiger partial charge in [0.1, 0.15) is 17.5 Å². The number of halogens is 2. The molecule has 2 heterocycles. The van der Waals surface area contributed by atoms with Gasteiger partial charge in [-0.25, -0.2) is 8.78 Å². The maximum absolute atomic E-state index is 14.3. The molecule has 0 unspecified atom stereocenters. The normalized spacial score (nSPS) is 17.4. The second kappa shape index (κ2) is 7.62. The van der Waals surface area contributed by atoms with Crippen molar-refractivity contribution in [3.8, 4) is 6.07 Å². The van der Waals surface area contributed by atoms with Crippen LogP contribution in [0.1, 0.15) is 30.9 Å². The average Bonchev–Trinajstić information content (AvgIpc) is 3.30. The third kappa shape index (κ3) is 3.65. The predicted octanol–water partition coefficient (Wildman–Crippen LogP) is 2.44. The number of hydrogen-bond donors (Lipinski definition) is 0. The van der Waals surface area contributed by atoms with E-state index in [1.165, 1.54) is 19.3 Å². The summed E-state index contributed by atoms with van der Waals surface area (Å²) < 4.78 is 55.4. The van der Waals surface area contributed by atoms with Crippen LogP contribution in [-0.2, 0) is 10.2 Å². The van der Waals surface area contributed by atoms with Crippen molar-refractivity contribution in [1.82, 2.24) is 13.5 Å². The van der Waals surface area contributed by atoms with Gasteiger partial charge in [-0.15, -0.1) is 4.09 Å². The van der Waals surface area contributed by atoms with E-state index in [0.717, 1.165) is 26.6 Å². The first kappa shape index (κ1) is 19.3. The lowest BCUT2D eigenvalue weighted by Crippen LogP contribution is -2.36. The van der Waals surface area contributed by atoms with Crippen molar-refractivity contribution in [2.45, 2.75) is 25.3 Å². The molecule has 1 aliphatic heterocycles. The van der Waals surface area contributed by atoms with Crippen molar-refractivity contribution in [3.05, 3.63) is 47.7 Å². The van der Waals surface area contributed by atoms with Crippen LogP contribution >= 0.6 is 0 Å². The van der Waals surface area contributed by atoms with E-state index in [9.17, 15) is 17.2 Å². The Morgan fingerprint density at radius 3 is 2.89 bits per heavy atom. The van der Waals surface area contributed by atoms with Gasteiger partial charge < -0.3 is 4.90 Å². The van der Waals surface area contributed by atoms with Crippen LogP contribution < -0.4 is 4.90 Å². The van der Waals surface area contributed by atoms with Crippen molar-refractivity contribution < 1.29 is 17.2 Å². The summed E-state index contributed by atoms with van der Waals surface area (Å²) in [5.41, 5.74) is 0.190. The maximum Gasteiger partial charge on any atom is 0.324 e. The Balaban J connectivity index is 1.97. The van der Waals surface area contributed by atoms with Crippen molar-refractivity contribution >= 4 is 16.0 Å². The van der Waals surface area contributed by atoms with Gasteiger partial charge in [0.05, 0.1) is 18.3 Å². The van der Waals surface area contributed by atoms with E-state index in [0.29, 0.717) is 19.4 Å². The van der Waals surface area contributed by atoms with E-state index in [4.69, 9.17) is 5.26 Å². The Labute approximate surface area is 156 Å². The quantitative estimate of drug-likeness (QED) is 0.750. The van der Waals surface area contributed by atoms with Crippen LogP contribution in [0.2, 0.25) is 0 Å². The second-order valence-corrected chi connectivity index (χ2v) is 8.15. The van der Waals surface area contributed by atoms with Crippen LogP contribution in [0.15, 0.2) is 30.5 Å². The lowest BCUT2D eigenvalue weighted by atomic mass is 10.0. The Morgan fingerprint density at radius 2 is 2.15 bits per heavy atom. The highest BCUT2D eigenvalue weighted by molar-refractivity contribution is 7.87. The molecule has 2 aromatic rings. The fraction of sp³-hybridized carbons (Fsp3) is 0.412. The van der Waals surface area contributed by atoms with Gasteiger partial charge in [-0.1, -0.05) is 0 Å². The summed E-state index contributed by atoms with van der Waals surface area (Å²) in [6.07, 6.45) is 2.67. The minimum absolute atomic E-state index is 0.0279. The van der Waals surface area contributed by atoms with Gasteiger partial charge in [0.15, 0.2) is 0 Å². The molecule has 1 atom stereocenters. The summed E-state index contributed by atoms with van der Waals surface area (Å²) in [5, 5.41) is 12.6. The number of aromatic nitrogens is 2. The number of nitrogens with zero attached hydrogens (tertiary/aromatic N) is 5. The molecule has 10 heteroatoms. The summed E-state index contributed by atoms with van der Waals surface area (Å²) in [7, 11) is -2.61. The van der Waals surface area contributed by atoms with Gasteiger partial charge in [-0.05, 0) is 31.0 Å². The van der Waals surface area contributed by atoms with Crippen LogP contribution in [0.25, 0.3) is 0 Å². The Hall–Kier alpha value is -2.51. The largest absolute Gasteiger partial charge is 0.349 e. The van der Waals surface area contributed by atoms with Gasteiger partial charge in [0.2, 0.25) is 0 Å². The SMILES string of the molecule is CN(CCC#N)S(=O)(=O)n1nccc1N1CCC[C@@H]1c1cc(F)ccc1F. The smallest absolute Gasteiger partial charge is 0.324 e. The highest BCUT2D eigenvalue weighted by Gasteiger charge is 2.33. The van der Waals surface area contributed by atoms with Crippen LogP contribution in [0.3, 0.4) is 0 Å². The van der Waals surface area contributed by atoms with E-state index in [-0.39, 0.29) is 24.3 Å². The predicted molar refractivity (Wildman–Crippen MR) is 95.1 cm³/mol. The fourth-order valence-corrected chi connectivity index (χ4v) is 4.42. The zero-order valence-corrected chi connectivity index (χ0v) is 15.5. The first-order valence-electron chi connectivity index (χ1n) is 8.45. The number of benzene rings is 1. The van der Waals surface area contributed by atoms with Crippen molar-refractivity contribution in [2.75, 3.05) is 25.0 Å². The van der Waals surface area contributed by atoms with Gasteiger partial charge >= 0.3 is 10.2 Å². The molecular formula is C17H19F2N5O2S. The molecule has 0 amide bonds. The molecule has 1 fully saturated rings. The zero-order valence-electron chi connectivity index (χ0n) is 14.7. The molecule has 0 radical (unpaired) electrons. The summed E-state index contributed by atoms with van der Waals surface area (Å²) in [6.45, 7) is 0.518.